The van der Waals surface area contributed by atoms with Gasteiger partial charge in [-0.3, -0.25) is 0 Å². The van der Waals surface area contributed by atoms with E-state index < -0.39 is 8.72 Å². The topological polar surface area (TPSA) is 28.2 Å². The second kappa shape index (κ2) is 5.46. The lowest BCUT2D eigenvalue weighted by Crippen LogP contribution is -2.80. The van der Waals surface area contributed by atoms with Crippen molar-refractivity contribution in [3.63, 3.8) is 0 Å². The number of rotatable bonds is 3. The zero-order valence-corrected chi connectivity index (χ0v) is 13.4. The molecule has 0 unspecified atom stereocenters. The van der Waals surface area contributed by atoms with E-state index in [1.54, 1.807) is 14.2 Å². The quantitative estimate of drug-likeness (QED) is 0.680. The molecule has 1 heterocycles. The van der Waals surface area contributed by atoms with Crippen LogP contribution in [0.25, 0.3) is 0 Å². The third-order valence-corrected chi connectivity index (χ3v) is 7.59. The Morgan fingerprint density at radius 3 is 1.47 bits per heavy atom. The van der Waals surface area contributed by atoms with Crippen molar-refractivity contribution >= 4 is 29.7 Å². The van der Waals surface area contributed by atoms with E-state index in [1.807, 2.05) is 0 Å². The number of hydrogen-bond acceptors (Lipinski definition) is 5. The highest BCUT2D eigenvalue weighted by molar-refractivity contribution is 6.95. The monoisotopic (exact) mass is 255 g/mol. The Balaban J connectivity index is 3.05. The van der Waals surface area contributed by atoms with Gasteiger partial charge in [-0.1, -0.05) is 20.5 Å². The van der Waals surface area contributed by atoms with E-state index >= 15 is 0 Å². The summed E-state index contributed by atoms with van der Waals surface area (Å²) in [5.41, 5.74) is 0. The zero-order chi connectivity index (χ0) is 13.4. The molecule has 0 aliphatic carbocycles. The van der Waals surface area contributed by atoms with Gasteiger partial charge in [0.1, 0.15) is 0 Å². The average Bonchev–Trinajstić information content (AvgIpc) is 2.33. The molecule has 1 fully saturated rings. The molecule has 0 spiro atoms. The van der Waals surface area contributed by atoms with Crippen molar-refractivity contribution < 1.29 is 8.85 Å². The van der Waals surface area contributed by atoms with Crippen LogP contribution in [-0.2, 0) is 8.85 Å². The zero-order valence-electron chi connectivity index (χ0n) is 12.4. The summed E-state index contributed by atoms with van der Waals surface area (Å²) < 4.78 is 18.4. The molecule has 0 bridgehead atoms. The van der Waals surface area contributed by atoms with Crippen molar-refractivity contribution in [2.45, 2.75) is 27.0 Å². The fourth-order valence-electron chi connectivity index (χ4n) is 2.59. The molecule has 1 aliphatic heterocycles. The van der Waals surface area contributed by atoms with Gasteiger partial charge in [-0.25, -0.2) is 0 Å². The molecule has 17 heavy (non-hydrogen) atoms. The Hall–Kier alpha value is 0.212. The smallest absolute Gasteiger partial charge is 0.387 e. The summed E-state index contributed by atoms with van der Waals surface area (Å²) in [5, 5.41) is 0. The van der Waals surface area contributed by atoms with Crippen LogP contribution in [0.2, 0.25) is 27.0 Å². The van der Waals surface area contributed by atoms with Gasteiger partial charge < -0.3 is 22.7 Å². The van der Waals surface area contributed by atoms with Gasteiger partial charge in [0.05, 0.1) is 0 Å². The first-order valence-corrected chi connectivity index (χ1v) is 8.39. The van der Waals surface area contributed by atoms with Gasteiger partial charge in [0.25, 0.3) is 20.9 Å². The summed E-state index contributed by atoms with van der Waals surface area (Å²) in [6.45, 7) is 9.79. The van der Waals surface area contributed by atoms with Crippen molar-refractivity contribution in [2.24, 2.45) is 0 Å². The first-order chi connectivity index (χ1) is 7.80. The van der Waals surface area contributed by atoms with Crippen LogP contribution in [0.5, 0.6) is 0 Å². The van der Waals surface area contributed by atoms with Crippen LogP contribution in [0, 0.1) is 0 Å². The van der Waals surface area contributed by atoms with Gasteiger partial charge >= 0.3 is 8.72 Å². The fraction of sp³-hybridized carbons (Fsp3) is 1.00. The van der Waals surface area contributed by atoms with Crippen LogP contribution in [0.15, 0.2) is 0 Å². The SMILES string of the molecule is CO[Si](C)(OC)N1B(C)N(C)B(C)N(C)B1C. The minimum Gasteiger partial charge on any atom is -0.387 e. The summed E-state index contributed by atoms with van der Waals surface area (Å²) in [5.74, 6) is 0. The van der Waals surface area contributed by atoms with Gasteiger partial charge in [0, 0.05) is 14.2 Å². The molecule has 0 aromatic heterocycles. The van der Waals surface area contributed by atoms with Crippen LogP contribution in [0.3, 0.4) is 0 Å². The Labute approximate surface area is 108 Å². The summed E-state index contributed by atoms with van der Waals surface area (Å²) >= 11 is 0. The van der Waals surface area contributed by atoms with Crippen LogP contribution in [0.4, 0.5) is 0 Å². The van der Waals surface area contributed by atoms with Crippen molar-refractivity contribution in [1.82, 2.24) is 13.8 Å². The minimum atomic E-state index is -2.29. The molecule has 0 saturated carbocycles. The molecule has 5 nitrogen and oxygen atoms in total. The summed E-state index contributed by atoms with van der Waals surface area (Å²) in [7, 11) is 5.49. The molecular weight excluding hydrogens is 231 g/mol. The highest BCUT2D eigenvalue weighted by Gasteiger charge is 2.53. The normalized spacial score (nSPS) is 21.5. The maximum atomic E-state index is 5.69. The molecule has 96 valence electrons. The molecule has 1 saturated heterocycles. The number of nitrogens with zero attached hydrogens (tertiary/aromatic N) is 3. The second-order valence-corrected chi connectivity index (χ2v) is 8.07. The molecule has 0 atom stereocenters. The Morgan fingerprint density at radius 2 is 1.18 bits per heavy atom. The molecule has 0 amide bonds. The number of hydrogen-bond donors (Lipinski definition) is 0. The first-order valence-electron chi connectivity index (χ1n) is 6.12. The third kappa shape index (κ3) is 2.50. The van der Waals surface area contributed by atoms with Gasteiger partial charge in [-0.05, 0) is 20.6 Å². The molecule has 0 aromatic carbocycles. The highest BCUT2D eigenvalue weighted by Crippen LogP contribution is 2.23. The second-order valence-electron chi connectivity index (χ2n) is 4.94. The summed E-state index contributed by atoms with van der Waals surface area (Å²) in [6, 6.07) is 0. The van der Waals surface area contributed by atoms with Crippen LogP contribution >= 0.6 is 0 Å². The van der Waals surface area contributed by atoms with Gasteiger partial charge in [-0.15, -0.1) is 0 Å². The molecule has 0 radical (unpaired) electrons. The predicted octanol–water partition coefficient (Wildman–Crippen LogP) is 0.381. The van der Waals surface area contributed by atoms with E-state index in [4.69, 9.17) is 8.85 Å². The van der Waals surface area contributed by atoms with Crippen LogP contribution in [-0.4, -0.2) is 71.8 Å². The lowest BCUT2D eigenvalue weighted by Gasteiger charge is -2.53. The third-order valence-electron chi connectivity index (χ3n) is 4.39. The largest absolute Gasteiger partial charge is 0.403 e. The molecule has 0 N–H and O–H groups in total. The van der Waals surface area contributed by atoms with Crippen molar-refractivity contribution in [2.75, 3.05) is 28.3 Å². The van der Waals surface area contributed by atoms with E-state index in [1.165, 1.54) is 0 Å². The Bertz CT molecular complexity index is 256. The first kappa shape index (κ1) is 15.3. The average molecular weight is 255 g/mol. The fourth-order valence-corrected chi connectivity index (χ4v) is 4.90. The van der Waals surface area contributed by atoms with E-state index in [0.717, 1.165) is 0 Å². The maximum Gasteiger partial charge on any atom is 0.403 e. The summed E-state index contributed by atoms with van der Waals surface area (Å²) in [4.78, 5) is 0. The highest BCUT2D eigenvalue weighted by atomic mass is 28.4. The minimum absolute atomic E-state index is 0.313. The van der Waals surface area contributed by atoms with E-state index in [2.05, 4.69) is 54.9 Å². The van der Waals surface area contributed by atoms with E-state index in [9.17, 15) is 0 Å². The molecule has 1 aliphatic rings. The van der Waals surface area contributed by atoms with Gasteiger partial charge in [-0.2, -0.15) is 0 Å². The lowest BCUT2D eigenvalue weighted by atomic mass is 9.48. The maximum absolute atomic E-state index is 5.69. The van der Waals surface area contributed by atoms with Crippen molar-refractivity contribution in [3.05, 3.63) is 0 Å². The van der Waals surface area contributed by atoms with Crippen LogP contribution < -0.4 is 0 Å². The molecule has 1 rings (SSSR count). The van der Waals surface area contributed by atoms with E-state index in [-0.39, 0.29) is 0 Å². The molecule has 0 aromatic rings. The van der Waals surface area contributed by atoms with Crippen LogP contribution in [0.1, 0.15) is 0 Å². The van der Waals surface area contributed by atoms with Gasteiger partial charge in [0.2, 0.25) is 0 Å². The molecular formula is C8H24B3N3O2Si. The standard InChI is InChI=1S/C8H24B3N3O2Si/c1-9-12(4)10(2)14(11(3)13(9)5)17(8,15-6)16-7/h1-8H3. The predicted molar refractivity (Wildman–Crippen MR) is 77.9 cm³/mol. The van der Waals surface area contributed by atoms with Gasteiger partial charge in [0.15, 0.2) is 0 Å². The van der Waals surface area contributed by atoms with E-state index in [0.29, 0.717) is 20.9 Å². The van der Waals surface area contributed by atoms with Crippen molar-refractivity contribution in [1.29, 1.82) is 0 Å². The summed E-state index contributed by atoms with van der Waals surface area (Å²) in [6.07, 6.45) is 0. The lowest BCUT2D eigenvalue weighted by molar-refractivity contribution is 0.219. The molecule has 9 heteroatoms. The Kier molecular flexibility index (Phi) is 4.90. The Morgan fingerprint density at radius 1 is 0.824 bits per heavy atom. The van der Waals surface area contributed by atoms with Crippen molar-refractivity contribution in [3.8, 4) is 0 Å².